The maximum atomic E-state index is 6.17. The molecule has 0 saturated heterocycles. The minimum Gasteiger partial charge on any atom is -0.488 e. The van der Waals surface area contributed by atoms with Crippen molar-refractivity contribution in [3.63, 3.8) is 0 Å². The van der Waals surface area contributed by atoms with E-state index >= 15 is 0 Å². The Morgan fingerprint density at radius 1 is 1.04 bits per heavy atom. The minimum absolute atomic E-state index is 0.611. The third-order valence-electron chi connectivity index (χ3n) is 4.70. The largest absolute Gasteiger partial charge is 0.488 e. The zero-order chi connectivity index (χ0) is 16.5. The van der Waals surface area contributed by atoms with Gasteiger partial charge in [-0.2, -0.15) is 0 Å². The molecule has 0 unspecified atom stereocenters. The van der Waals surface area contributed by atoms with E-state index < -0.39 is 0 Å². The van der Waals surface area contributed by atoms with Crippen LogP contribution in [0.25, 0.3) is 11.6 Å². The number of hydrogen-bond acceptors (Lipinski definition) is 3. The first-order chi connectivity index (χ1) is 11.7. The average Bonchev–Trinajstić information content (AvgIpc) is 2.62. The van der Waals surface area contributed by atoms with Gasteiger partial charge in [-0.15, -0.1) is 0 Å². The highest BCUT2D eigenvalue weighted by molar-refractivity contribution is 5.86. The van der Waals surface area contributed by atoms with Crippen molar-refractivity contribution in [2.45, 2.75) is 26.8 Å². The molecule has 0 aromatic heterocycles. The molecule has 0 radical (unpaired) electrons. The summed E-state index contributed by atoms with van der Waals surface area (Å²) in [6.45, 7) is 7.54. The fraction of sp³-hybridized carbons (Fsp3) is 0.333. The SMILES string of the molecule is CCCN1COc2ccc3c(c2C1)OCC(c1ccc(C)cc1)=C3. The molecule has 0 spiro atoms. The number of aryl methyl sites for hydroxylation is 1. The van der Waals surface area contributed by atoms with Crippen LogP contribution in [0.2, 0.25) is 0 Å². The maximum absolute atomic E-state index is 6.17. The predicted octanol–water partition coefficient (Wildman–Crippen LogP) is 4.49. The molecule has 2 heterocycles. The van der Waals surface area contributed by atoms with E-state index in [-0.39, 0.29) is 0 Å². The quantitative estimate of drug-likeness (QED) is 0.831. The number of ether oxygens (including phenoxy) is 2. The standard InChI is InChI=1S/C21H23NO2/c1-3-10-22-12-19-20(24-14-22)9-8-17-11-18(13-23-21(17)19)16-6-4-15(2)5-7-16/h4-9,11H,3,10,12-14H2,1-2H3. The highest BCUT2D eigenvalue weighted by atomic mass is 16.5. The van der Waals surface area contributed by atoms with E-state index in [1.54, 1.807) is 0 Å². The van der Waals surface area contributed by atoms with Crippen molar-refractivity contribution < 1.29 is 9.47 Å². The van der Waals surface area contributed by atoms with Gasteiger partial charge in [-0.05, 0) is 42.7 Å². The van der Waals surface area contributed by atoms with Crippen LogP contribution in [0.5, 0.6) is 11.5 Å². The summed E-state index contributed by atoms with van der Waals surface area (Å²) in [5.74, 6) is 1.96. The fourth-order valence-corrected chi connectivity index (χ4v) is 3.40. The van der Waals surface area contributed by atoms with Crippen molar-refractivity contribution in [3.8, 4) is 11.5 Å². The summed E-state index contributed by atoms with van der Waals surface area (Å²) in [5.41, 5.74) is 6.07. The van der Waals surface area contributed by atoms with E-state index in [1.165, 1.54) is 22.3 Å². The highest BCUT2D eigenvalue weighted by Crippen LogP contribution is 2.40. The van der Waals surface area contributed by atoms with E-state index in [4.69, 9.17) is 9.47 Å². The molecule has 2 aliphatic rings. The zero-order valence-electron chi connectivity index (χ0n) is 14.3. The predicted molar refractivity (Wildman–Crippen MR) is 97.2 cm³/mol. The molecule has 2 aliphatic heterocycles. The normalized spacial score (nSPS) is 16.5. The zero-order valence-corrected chi connectivity index (χ0v) is 14.3. The van der Waals surface area contributed by atoms with Gasteiger partial charge in [-0.3, -0.25) is 4.90 Å². The van der Waals surface area contributed by atoms with Crippen molar-refractivity contribution in [2.75, 3.05) is 19.9 Å². The number of benzene rings is 2. The number of hydrogen-bond donors (Lipinski definition) is 0. The first-order valence-electron chi connectivity index (χ1n) is 8.66. The summed E-state index contributed by atoms with van der Waals surface area (Å²) in [7, 11) is 0. The van der Waals surface area contributed by atoms with Crippen LogP contribution in [0.1, 0.15) is 35.6 Å². The topological polar surface area (TPSA) is 21.7 Å². The molecule has 2 aromatic carbocycles. The molecule has 3 heteroatoms. The van der Waals surface area contributed by atoms with E-state index in [0.29, 0.717) is 13.3 Å². The Bertz CT molecular complexity index is 777. The molecule has 0 fully saturated rings. The van der Waals surface area contributed by atoms with Crippen molar-refractivity contribution in [3.05, 3.63) is 58.7 Å². The van der Waals surface area contributed by atoms with Crippen LogP contribution in [0, 0.1) is 6.92 Å². The maximum Gasteiger partial charge on any atom is 0.142 e. The van der Waals surface area contributed by atoms with Crippen LogP contribution < -0.4 is 9.47 Å². The number of fused-ring (bicyclic) bond motifs is 3. The van der Waals surface area contributed by atoms with Crippen molar-refractivity contribution in [1.29, 1.82) is 0 Å². The van der Waals surface area contributed by atoms with Gasteiger partial charge in [0, 0.05) is 18.7 Å². The molecule has 3 nitrogen and oxygen atoms in total. The average molecular weight is 321 g/mol. The van der Waals surface area contributed by atoms with Gasteiger partial charge < -0.3 is 9.47 Å². The molecule has 0 saturated carbocycles. The molecular weight excluding hydrogens is 298 g/mol. The van der Waals surface area contributed by atoms with E-state index in [9.17, 15) is 0 Å². The van der Waals surface area contributed by atoms with Gasteiger partial charge in [0.25, 0.3) is 0 Å². The molecule has 124 valence electrons. The third kappa shape index (κ3) is 2.80. The molecule has 0 amide bonds. The lowest BCUT2D eigenvalue weighted by Gasteiger charge is -2.31. The van der Waals surface area contributed by atoms with Gasteiger partial charge in [0.15, 0.2) is 0 Å². The lowest BCUT2D eigenvalue weighted by atomic mass is 9.97. The number of nitrogens with zero attached hydrogens (tertiary/aromatic N) is 1. The molecule has 24 heavy (non-hydrogen) atoms. The molecule has 0 aliphatic carbocycles. The second-order valence-electron chi connectivity index (χ2n) is 6.61. The Kier molecular flexibility index (Phi) is 4.03. The van der Waals surface area contributed by atoms with Crippen LogP contribution >= 0.6 is 0 Å². The summed E-state index contributed by atoms with van der Waals surface area (Å²) in [5, 5.41) is 0. The summed E-state index contributed by atoms with van der Waals surface area (Å²) in [6.07, 6.45) is 3.38. The van der Waals surface area contributed by atoms with Gasteiger partial charge in [0.1, 0.15) is 24.8 Å². The van der Waals surface area contributed by atoms with Gasteiger partial charge in [0.2, 0.25) is 0 Å². The second-order valence-corrected chi connectivity index (χ2v) is 6.61. The van der Waals surface area contributed by atoms with E-state index in [1.807, 2.05) is 0 Å². The van der Waals surface area contributed by atoms with Gasteiger partial charge in [-0.1, -0.05) is 36.8 Å². The molecule has 0 atom stereocenters. The van der Waals surface area contributed by atoms with E-state index in [0.717, 1.165) is 36.6 Å². The summed E-state index contributed by atoms with van der Waals surface area (Å²) in [6, 6.07) is 12.8. The number of rotatable bonds is 3. The van der Waals surface area contributed by atoms with Crippen LogP contribution in [0.4, 0.5) is 0 Å². The molecule has 2 aromatic rings. The second kappa shape index (κ2) is 6.33. The summed E-state index contributed by atoms with van der Waals surface area (Å²) >= 11 is 0. The van der Waals surface area contributed by atoms with Crippen molar-refractivity contribution >= 4 is 11.6 Å². The lowest BCUT2D eigenvalue weighted by Crippen LogP contribution is -2.33. The molecule has 0 N–H and O–H groups in total. The fourth-order valence-electron chi connectivity index (χ4n) is 3.40. The van der Waals surface area contributed by atoms with Crippen LogP contribution in [0.3, 0.4) is 0 Å². The van der Waals surface area contributed by atoms with Crippen LogP contribution in [0.15, 0.2) is 36.4 Å². The van der Waals surface area contributed by atoms with Crippen molar-refractivity contribution in [2.24, 2.45) is 0 Å². The Balaban J connectivity index is 1.68. The van der Waals surface area contributed by atoms with Crippen LogP contribution in [-0.2, 0) is 6.54 Å². The van der Waals surface area contributed by atoms with Crippen LogP contribution in [-0.4, -0.2) is 24.8 Å². The monoisotopic (exact) mass is 321 g/mol. The van der Waals surface area contributed by atoms with E-state index in [2.05, 4.69) is 61.2 Å². The summed E-state index contributed by atoms with van der Waals surface area (Å²) in [4.78, 5) is 2.32. The van der Waals surface area contributed by atoms with Gasteiger partial charge in [0.05, 0.1) is 5.56 Å². The molecule has 0 bridgehead atoms. The highest BCUT2D eigenvalue weighted by Gasteiger charge is 2.24. The Labute approximate surface area is 143 Å². The summed E-state index contributed by atoms with van der Waals surface area (Å²) < 4.78 is 12.1. The lowest BCUT2D eigenvalue weighted by molar-refractivity contribution is 0.0933. The Morgan fingerprint density at radius 3 is 2.67 bits per heavy atom. The molecular formula is C21H23NO2. The molecule has 4 rings (SSSR count). The smallest absolute Gasteiger partial charge is 0.142 e. The third-order valence-corrected chi connectivity index (χ3v) is 4.70. The van der Waals surface area contributed by atoms with Gasteiger partial charge >= 0.3 is 0 Å². The minimum atomic E-state index is 0.611. The first-order valence-corrected chi connectivity index (χ1v) is 8.66. The Morgan fingerprint density at radius 2 is 1.88 bits per heavy atom. The van der Waals surface area contributed by atoms with Gasteiger partial charge in [-0.25, -0.2) is 0 Å². The van der Waals surface area contributed by atoms with Crippen molar-refractivity contribution in [1.82, 2.24) is 4.90 Å². The first kappa shape index (κ1) is 15.3. The Hall–Kier alpha value is -2.26.